The fraction of sp³-hybridized carbons (Fsp3) is 0.0625. The molecular formula is C16H11NO. The van der Waals surface area contributed by atoms with E-state index in [-0.39, 0.29) is 5.92 Å². The summed E-state index contributed by atoms with van der Waals surface area (Å²) < 4.78 is 5.04. The maximum atomic E-state index is 8.69. The van der Waals surface area contributed by atoms with Crippen LogP contribution in [-0.4, -0.2) is 0 Å². The van der Waals surface area contributed by atoms with Crippen molar-refractivity contribution in [3.63, 3.8) is 0 Å². The number of nitrogens with zero attached hydrogens (tertiary/aromatic N) is 1. The highest BCUT2D eigenvalue weighted by Crippen LogP contribution is 2.38. The lowest BCUT2D eigenvalue weighted by molar-refractivity contribution is 0.499. The van der Waals surface area contributed by atoms with Crippen LogP contribution in [0.15, 0.2) is 54.6 Å². The number of allylic oxidation sites excluding steroid dienone is 1. The Morgan fingerprint density at radius 1 is 0.944 bits per heavy atom. The van der Waals surface area contributed by atoms with Gasteiger partial charge in [0.1, 0.15) is 5.75 Å². The molecule has 0 heterocycles. The second-order valence-corrected chi connectivity index (χ2v) is 4.20. The van der Waals surface area contributed by atoms with E-state index < -0.39 is 0 Å². The molecule has 2 nitrogen and oxygen atoms in total. The largest absolute Gasteiger partial charge is 0.388 e. The van der Waals surface area contributed by atoms with Crippen LogP contribution >= 0.6 is 0 Å². The Morgan fingerprint density at radius 3 is 2.50 bits per heavy atom. The van der Waals surface area contributed by atoms with Crippen LogP contribution in [0.4, 0.5) is 0 Å². The Morgan fingerprint density at radius 2 is 1.67 bits per heavy atom. The van der Waals surface area contributed by atoms with Gasteiger partial charge in [-0.15, -0.1) is 5.26 Å². The summed E-state index contributed by atoms with van der Waals surface area (Å²) in [7, 11) is 0. The highest BCUT2D eigenvalue weighted by molar-refractivity contribution is 5.66. The summed E-state index contributed by atoms with van der Waals surface area (Å²) in [5.74, 6) is 0.803. The lowest BCUT2D eigenvalue weighted by atomic mass is 9.92. The van der Waals surface area contributed by atoms with Crippen molar-refractivity contribution in [3.05, 3.63) is 71.3 Å². The molecule has 0 bridgehead atoms. The predicted octanol–water partition coefficient (Wildman–Crippen LogP) is 3.71. The van der Waals surface area contributed by atoms with E-state index in [0.717, 1.165) is 5.56 Å². The van der Waals surface area contributed by atoms with E-state index in [2.05, 4.69) is 24.3 Å². The summed E-state index contributed by atoms with van der Waals surface area (Å²) in [6, 6.07) is 15.9. The van der Waals surface area contributed by atoms with E-state index >= 15 is 0 Å². The number of hydrogen-bond acceptors (Lipinski definition) is 2. The molecule has 1 unspecified atom stereocenters. The summed E-state index contributed by atoms with van der Waals surface area (Å²) in [4.78, 5) is 0. The average Bonchev–Trinajstić information content (AvgIpc) is 2.84. The van der Waals surface area contributed by atoms with Gasteiger partial charge < -0.3 is 4.74 Å². The summed E-state index contributed by atoms with van der Waals surface area (Å²) in [6.45, 7) is 0. The molecule has 0 N–H and O–H groups in total. The number of benzene rings is 2. The first kappa shape index (κ1) is 10.6. The molecule has 1 aliphatic carbocycles. The molecule has 1 atom stereocenters. The highest BCUT2D eigenvalue weighted by Gasteiger charge is 2.21. The Labute approximate surface area is 106 Å². The van der Waals surface area contributed by atoms with Gasteiger partial charge in [0.2, 0.25) is 0 Å². The SMILES string of the molecule is N#COc1ccccc1C1C=Cc2ccccc21. The third-order valence-electron chi connectivity index (χ3n) is 3.21. The van der Waals surface area contributed by atoms with Crippen molar-refractivity contribution in [2.75, 3.05) is 0 Å². The number of rotatable bonds is 2. The van der Waals surface area contributed by atoms with Crippen molar-refractivity contribution in [2.24, 2.45) is 0 Å². The third kappa shape index (κ3) is 1.66. The zero-order valence-corrected chi connectivity index (χ0v) is 9.71. The first-order chi connectivity index (χ1) is 8.90. The first-order valence-electron chi connectivity index (χ1n) is 5.82. The van der Waals surface area contributed by atoms with Gasteiger partial charge in [-0.3, -0.25) is 0 Å². The van der Waals surface area contributed by atoms with E-state index in [9.17, 15) is 0 Å². The van der Waals surface area contributed by atoms with Gasteiger partial charge in [-0.1, -0.05) is 54.6 Å². The molecule has 0 fully saturated rings. The second kappa shape index (κ2) is 4.38. The molecule has 0 amide bonds. The number of nitriles is 1. The summed E-state index contributed by atoms with van der Waals surface area (Å²) in [6.07, 6.45) is 6.01. The molecule has 0 saturated carbocycles. The van der Waals surface area contributed by atoms with Gasteiger partial charge in [0, 0.05) is 11.5 Å². The molecule has 0 aromatic heterocycles. The minimum atomic E-state index is 0.172. The van der Waals surface area contributed by atoms with Gasteiger partial charge in [0.25, 0.3) is 6.26 Å². The summed E-state index contributed by atoms with van der Waals surface area (Å²) in [5.41, 5.74) is 3.51. The average molecular weight is 233 g/mol. The summed E-state index contributed by atoms with van der Waals surface area (Å²) in [5, 5.41) is 8.69. The maximum Gasteiger partial charge on any atom is 0.292 e. The van der Waals surface area contributed by atoms with Gasteiger partial charge in [-0.2, -0.15) is 0 Å². The molecule has 2 heteroatoms. The van der Waals surface area contributed by atoms with Crippen molar-refractivity contribution < 1.29 is 4.74 Å². The smallest absolute Gasteiger partial charge is 0.292 e. The zero-order valence-electron chi connectivity index (χ0n) is 9.71. The normalized spacial score (nSPS) is 16.1. The lowest BCUT2D eigenvalue weighted by Crippen LogP contribution is -1.98. The monoisotopic (exact) mass is 233 g/mol. The number of hydrogen-bond donors (Lipinski definition) is 0. The van der Waals surface area contributed by atoms with E-state index in [4.69, 9.17) is 10.00 Å². The van der Waals surface area contributed by atoms with Crippen LogP contribution in [0.2, 0.25) is 0 Å². The van der Waals surface area contributed by atoms with Crippen LogP contribution < -0.4 is 4.74 Å². The fourth-order valence-electron chi connectivity index (χ4n) is 2.40. The minimum Gasteiger partial charge on any atom is -0.388 e. The maximum absolute atomic E-state index is 8.69. The molecule has 2 aromatic rings. The van der Waals surface area contributed by atoms with Gasteiger partial charge in [-0.25, -0.2) is 0 Å². The third-order valence-corrected chi connectivity index (χ3v) is 3.21. The van der Waals surface area contributed by atoms with Crippen molar-refractivity contribution in [1.82, 2.24) is 0 Å². The lowest BCUT2D eigenvalue weighted by Gasteiger charge is -2.13. The molecule has 1 aliphatic rings. The van der Waals surface area contributed by atoms with Gasteiger partial charge in [-0.05, 0) is 17.2 Å². The Balaban J connectivity index is 2.08. The van der Waals surface area contributed by atoms with Crippen molar-refractivity contribution in [3.8, 4) is 12.0 Å². The van der Waals surface area contributed by atoms with Crippen molar-refractivity contribution in [2.45, 2.75) is 5.92 Å². The minimum absolute atomic E-state index is 0.172. The van der Waals surface area contributed by atoms with E-state index in [1.165, 1.54) is 11.1 Å². The summed E-state index contributed by atoms with van der Waals surface area (Å²) >= 11 is 0. The standard InChI is InChI=1S/C16H11NO/c17-11-18-16-8-4-3-7-15(16)14-10-9-12-5-1-2-6-13(12)14/h1-10,14H. The predicted molar refractivity (Wildman–Crippen MR) is 70.0 cm³/mol. The number of fused-ring (bicyclic) bond motifs is 1. The van der Waals surface area contributed by atoms with Crippen LogP contribution in [0, 0.1) is 11.5 Å². The van der Waals surface area contributed by atoms with E-state index in [1.807, 2.05) is 36.4 Å². The fourth-order valence-corrected chi connectivity index (χ4v) is 2.40. The highest BCUT2D eigenvalue weighted by atomic mass is 16.5. The zero-order chi connectivity index (χ0) is 12.4. The molecular weight excluding hydrogens is 222 g/mol. The van der Waals surface area contributed by atoms with Gasteiger partial charge in [0.15, 0.2) is 0 Å². The molecule has 0 radical (unpaired) electrons. The van der Waals surface area contributed by atoms with Crippen LogP contribution in [0.5, 0.6) is 5.75 Å². The molecule has 18 heavy (non-hydrogen) atoms. The van der Waals surface area contributed by atoms with Crippen LogP contribution in [-0.2, 0) is 0 Å². The molecule has 0 spiro atoms. The number of para-hydroxylation sites is 1. The Kier molecular flexibility index (Phi) is 2.59. The van der Waals surface area contributed by atoms with Gasteiger partial charge in [0.05, 0.1) is 0 Å². The van der Waals surface area contributed by atoms with Crippen LogP contribution in [0.1, 0.15) is 22.6 Å². The second-order valence-electron chi connectivity index (χ2n) is 4.20. The molecule has 0 saturated heterocycles. The van der Waals surface area contributed by atoms with Crippen LogP contribution in [0.3, 0.4) is 0 Å². The first-order valence-corrected chi connectivity index (χ1v) is 5.82. The Hall–Kier alpha value is -2.53. The van der Waals surface area contributed by atoms with Gasteiger partial charge >= 0.3 is 0 Å². The van der Waals surface area contributed by atoms with Crippen molar-refractivity contribution >= 4 is 6.08 Å². The van der Waals surface area contributed by atoms with E-state index in [1.54, 1.807) is 6.26 Å². The molecule has 3 rings (SSSR count). The molecule has 2 aromatic carbocycles. The molecule has 0 aliphatic heterocycles. The topological polar surface area (TPSA) is 33.0 Å². The van der Waals surface area contributed by atoms with Crippen molar-refractivity contribution in [1.29, 1.82) is 5.26 Å². The molecule has 86 valence electrons. The number of ether oxygens (including phenoxy) is 1. The quantitative estimate of drug-likeness (QED) is 0.741. The Bertz CT molecular complexity index is 652. The van der Waals surface area contributed by atoms with E-state index in [0.29, 0.717) is 5.75 Å². The van der Waals surface area contributed by atoms with Crippen LogP contribution in [0.25, 0.3) is 6.08 Å².